The van der Waals surface area contributed by atoms with Crippen LogP contribution in [0.3, 0.4) is 0 Å². The lowest BCUT2D eigenvalue weighted by Crippen LogP contribution is -1.90. The van der Waals surface area contributed by atoms with Gasteiger partial charge in [-0.2, -0.15) is 0 Å². The van der Waals surface area contributed by atoms with E-state index >= 15 is 0 Å². The topological polar surface area (TPSA) is 0 Å². The maximum atomic E-state index is 2.36. The zero-order chi connectivity index (χ0) is 22.2. The van der Waals surface area contributed by atoms with Gasteiger partial charge in [0.2, 0.25) is 0 Å². The zero-order valence-corrected chi connectivity index (χ0v) is 18.6. The van der Waals surface area contributed by atoms with Gasteiger partial charge in [-0.05, 0) is 85.6 Å². The molecule has 0 N–H and O–H groups in total. The Hall–Kier alpha value is -4.16. The summed E-state index contributed by atoms with van der Waals surface area (Å²) in [5.74, 6) is 0. The van der Waals surface area contributed by atoms with Crippen molar-refractivity contribution < 1.29 is 0 Å². The van der Waals surface area contributed by atoms with Gasteiger partial charge in [-0.3, -0.25) is 0 Å². The minimum absolute atomic E-state index is 1.24. The van der Waals surface area contributed by atoms with E-state index in [0.29, 0.717) is 0 Å². The highest BCUT2D eigenvalue weighted by molar-refractivity contribution is 6.14. The molecule has 0 saturated carbocycles. The van der Waals surface area contributed by atoms with E-state index in [4.69, 9.17) is 0 Å². The van der Waals surface area contributed by atoms with E-state index in [0.717, 1.165) is 0 Å². The second kappa shape index (κ2) is 8.07. The van der Waals surface area contributed by atoms with Gasteiger partial charge in [0.15, 0.2) is 0 Å². The number of fused-ring (bicyclic) bond motifs is 2. The predicted octanol–water partition coefficient (Wildman–Crippen LogP) is 9.30. The van der Waals surface area contributed by atoms with Gasteiger partial charge in [-0.25, -0.2) is 0 Å². The molecule has 0 aliphatic carbocycles. The Labute approximate surface area is 194 Å². The van der Waals surface area contributed by atoms with Crippen LogP contribution in [0.5, 0.6) is 0 Å². The Kier molecular flexibility index (Phi) is 4.78. The Balaban J connectivity index is 1.71. The number of hydrogen-bond acceptors (Lipinski definition) is 0. The molecule has 0 unspecified atom stereocenters. The minimum atomic E-state index is 1.24. The van der Waals surface area contributed by atoms with E-state index in [1.807, 2.05) is 0 Å². The molecule has 6 rings (SSSR count). The van der Waals surface area contributed by atoms with Crippen molar-refractivity contribution in [2.45, 2.75) is 6.92 Å². The second-order valence-electron chi connectivity index (χ2n) is 8.67. The first kappa shape index (κ1) is 19.5. The first-order chi connectivity index (χ1) is 16.3. The van der Waals surface area contributed by atoms with Crippen molar-refractivity contribution in [1.82, 2.24) is 0 Å². The lowest BCUT2D eigenvalue weighted by molar-refractivity contribution is 1.47. The Morgan fingerprint density at radius 1 is 0.394 bits per heavy atom. The highest BCUT2D eigenvalue weighted by atomic mass is 14.2. The fourth-order valence-corrected chi connectivity index (χ4v) is 4.87. The molecule has 0 heteroatoms. The van der Waals surface area contributed by atoms with Crippen LogP contribution in [-0.4, -0.2) is 0 Å². The Morgan fingerprint density at radius 2 is 0.879 bits per heavy atom. The lowest BCUT2D eigenvalue weighted by Gasteiger charge is -2.16. The van der Waals surface area contributed by atoms with E-state index in [1.54, 1.807) is 0 Å². The van der Waals surface area contributed by atoms with Crippen LogP contribution in [0.15, 0.2) is 127 Å². The summed E-state index contributed by atoms with van der Waals surface area (Å²) in [7, 11) is 0. The van der Waals surface area contributed by atoms with Crippen molar-refractivity contribution in [3.63, 3.8) is 0 Å². The van der Waals surface area contributed by atoms with Crippen LogP contribution in [0.25, 0.3) is 54.9 Å². The van der Waals surface area contributed by atoms with Crippen LogP contribution in [0.4, 0.5) is 0 Å². The molecule has 6 aromatic carbocycles. The quantitative estimate of drug-likeness (QED) is 0.250. The summed E-state index contributed by atoms with van der Waals surface area (Å²) >= 11 is 0. The maximum absolute atomic E-state index is 2.36. The molecule has 0 amide bonds. The minimum Gasteiger partial charge on any atom is -0.0622 e. The molecule has 0 atom stereocenters. The van der Waals surface area contributed by atoms with Gasteiger partial charge in [-0.15, -0.1) is 0 Å². The summed E-state index contributed by atoms with van der Waals surface area (Å²) in [4.78, 5) is 0. The molecule has 0 aliphatic rings. The molecule has 33 heavy (non-hydrogen) atoms. The predicted molar refractivity (Wildman–Crippen MR) is 142 cm³/mol. The van der Waals surface area contributed by atoms with Crippen LogP contribution in [-0.2, 0) is 0 Å². The summed E-state index contributed by atoms with van der Waals surface area (Å²) in [6.45, 7) is 2.21. The van der Waals surface area contributed by atoms with Crippen LogP contribution in [0.1, 0.15) is 5.56 Å². The van der Waals surface area contributed by atoms with E-state index in [2.05, 4.69) is 134 Å². The number of hydrogen-bond donors (Lipinski definition) is 0. The maximum Gasteiger partial charge on any atom is -0.00237 e. The molecule has 0 saturated heterocycles. The van der Waals surface area contributed by atoms with Gasteiger partial charge in [0.05, 0.1) is 0 Å². The molecule has 0 radical (unpaired) electrons. The molecule has 0 aromatic heterocycles. The van der Waals surface area contributed by atoms with Gasteiger partial charge in [-0.1, -0.05) is 109 Å². The van der Waals surface area contributed by atoms with E-state index in [-0.39, 0.29) is 0 Å². The molecule has 0 bridgehead atoms. The highest BCUT2D eigenvalue weighted by Crippen LogP contribution is 2.40. The fourth-order valence-electron chi connectivity index (χ4n) is 4.87. The van der Waals surface area contributed by atoms with Crippen molar-refractivity contribution in [3.05, 3.63) is 133 Å². The van der Waals surface area contributed by atoms with Crippen LogP contribution in [0.2, 0.25) is 0 Å². The molecule has 0 heterocycles. The van der Waals surface area contributed by atoms with Crippen LogP contribution >= 0.6 is 0 Å². The molecule has 0 fully saturated rings. The van der Waals surface area contributed by atoms with Crippen molar-refractivity contribution in [2.75, 3.05) is 0 Å². The molecular weight excluding hydrogens is 396 g/mol. The number of benzene rings is 6. The monoisotopic (exact) mass is 420 g/mol. The zero-order valence-electron chi connectivity index (χ0n) is 18.6. The molecule has 6 aromatic rings. The van der Waals surface area contributed by atoms with Crippen LogP contribution in [0, 0.1) is 6.92 Å². The molecular formula is C33H24. The smallest absolute Gasteiger partial charge is 0.00237 e. The largest absolute Gasteiger partial charge is 0.0622 e. The van der Waals surface area contributed by atoms with Crippen molar-refractivity contribution >= 4 is 21.5 Å². The third kappa shape index (κ3) is 3.50. The summed E-state index contributed by atoms with van der Waals surface area (Å²) in [6, 6.07) is 46.1. The summed E-state index contributed by atoms with van der Waals surface area (Å²) in [6.07, 6.45) is 0. The van der Waals surface area contributed by atoms with Crippen molar-refractivity contribution in [3.8, 4) is 33.4 Å². The summed E-state index contributed by atoms with van der Waals surface area (Å²) in [5, 5.41) is 5.13. The SMILES string of the molecule is Cc1ccccc1-c1c2cc(-c3ccccc3)ccc2cc2ccc(-c3ccccc3)cc12. The Bertz CT molecular complexity index is 1490. The summed E-state index contributed by atoms with van der Waals surface area (Å²) in [5.41, 5.74) is 8.88. The third-order valence-corrected chi connectivity index (χ3v) is 6.58. The average Bonchev–Trinajstić information content (AvgIpc) is 2.88. The molecule has 156 valence electrons. The third-order valence-electron chi connectivity index (χ3n) is 6.58. The van der Waals surface area contributed by atoms with Crippen molar-refractivity contribution in [2.24, 2.45) is 0 Å². The summed E-state index contributed by atoms with van der Waals surface area (Å²) < 4.78 is 0. The van der Waals surface area contributed by atoms with Crippen molar-refractivity contribution in [1.29, 1.82) is 0 Å². The average molecular weight is 421 g/mol. The van der Waals surface area contributed by atoms with Crippen LogP contribution < -0.4 is 0 Å². The Morgan fingerprint density at radius 3 is 1.39 bits per heavy atom. The van der Waals surface area contributed by atoms with Gasteiger partial charge < -0.3 is 0 Å². The standard InChI is InChI=1S/C33H24/c1-23-10-8-9-15-30(23)33-31-21-26(24-11-4-2-5-12-24)16-18-28(31)20-29-19-17-27(22-32(29)33)25-13-6-3-7-14-25/h2-22H,1H3. The number of rotatable bonds is 3. The van der Waals surface area contributed by atoms with Gasteiger partial charge in [0.1, 0.15) is 0 Å². The molecule has 0 aliphatic heterocycles. The van der Waals surface area contributed by atoms with E-state index < -0.39 is 0 Å². The molecule has 0 spiro atoms. The normalized spacial score (nSPS) is 11.2. The highest BCUT2D eigenvalue weighted by Gasteiger charge is 2.14. The van der Waals surface area contributed by atoms with Gasteiger partial charge in [0.25, 0.3) is 0 Å². The van der Waals surface area contributed by atoms with Gasteiger partial charge in [0, 0.05) is 0 Å². The van der Waals surface area contributed by atoms with Gasteiger partial charge >= 0.3 is 0 Å². The first-order valence-corrected chi connectivity index (χ1v) is 11.5. The fraction of sp³-hybridized carbons (Fsp3) is 0.0303. The molecule has 0 nitrogen and oxygen atoms in total. The van der Waals surface area contributed by atoms with E-state index in [9.17, 15) is 0 Å². The first-order valence-electron chi connectivity index (χ1n) is 11.5. The second-order valence-corrected chi connectivity index (χ2v) is 8.67. The number of aryl methyl sites for hydroxylation is 1. The van der Waals surface area contributed by atoms with E-state index in [1.165, 1.54) is 60.5 Å². The lowest BCUT2D eigenvalue weighted by atomic mass is 9.87.